The third-order valence-corrected chi connectivity index (χ3v) is 3.25. The number of amides is 1. The van der Waals surface area contributed by atoms with E-state index in [1.807, 2.05) is 22.6 Å². The van der Waals surface area contributed by atoms with Crippen molar-refractivity contribution in [3.63, 3.8) is 0 Å². The highest BCUT2D eigenvalue weighted by Gasteiger charge is 2.45. The number of morpholine rings is 1. The third kappa shape index (κ3) is 2.77. The third-order valence-electron chi connectivity index (χ3n) is 2.62. The lowest BCUT2D eigenvalue weighted by Crippen LogP contribution is -2.47. The molecule has 0 spiro atoms. The van der Waals surface area contributed by atoms with Crippen LogP contribution < -0.4 is 0 Å². The zero-order chi connectivity index (χ0) is 13.2. The van der Waals surface area contributed by atoms with Crippen LogP contribution in [0.3, 0.4) is 0 Å². The van der Waals surface area contributed by atoms with Gasteiger partial charge in [-0.25, -0.2) is 0 Å². The fraction of sp³-hybridized carbons (Fsp3) is 0.455. The van der Waals surface area contributed by atoms with E-state index in [2.05, 4.69) is 4.98 Å². The zero-order valence-electron chi connectivity index (χ0n) is 9.41. The monoisotopic (exact) mass is 368 g/mol. The van der Waals surface area contributed by atoms with Gasteiger partial charge >= 0.3 is 5.92 Å². The van der Waals surface area contributed by atoms with Crippen LogP contribution in [-0.2, 0) is 15.5 Å². The highest BCUT2D eigenvalue weighted by atomic mass is 127. The molecule has 98 valence electrons. The van der Waals surface area contributed by atoms with Gasteiger partial charge in [-0.1, -0.05) is 0 Å². The molecule has 1 aliphatic heterocycles. The first-order chi connectivity index (χ1) is 8.51. The molecule has 2 rings (SSSR count). The van der Waals surface area contributed by atoms with Crippen molar-refractivity contribution in [2.24, 2.45) is 0 Å². The van der Waals surface area contributed by atoms with Crippen molar-refractivity contribution in [2.75, 3.05) is 26.3 Å². The summed E-state index contributed by atoms with van der Waals surface area (Å²) >= 11 is 1.97. The van der Waals surface area contributed by atoms with Gasteiger partial charge in [0.2, 0.25) is 0 Å². The van der Waals surface area contributed by atoms with Crippen molar-refractivity contribution in [3.8, 4) is 0 Å². The van der Waals surface area contributed by atoms with E-state index in [0.717, 1.165) is 8.47 Å². The van der Waals surface area contributed by atoms with Gasteiger partial charge in [0.1, 0.15) is 5.69 Å². The van der Waals surface area contributed by atoms with E-state index < -0.39 is 17.5 Å². The lowest BCUT2D eigenvalue weighted by Gasteiger charge is -2.29. The van der Waals surface area contributed by atoms with Gasteiger partial charge in [0.25, 0.3) is 5.91 Å². The predicted octanol–water partition coefficient (Wildman–Crippen LogP) is 1.64. The second-order valence-corrected chi connectivity index (χ2v) is 5.09. The van der Waals surface area contributed by atoms with Gasteiger partial charge in [0.05, 0.1) is 13.2 Å². The van der Waals surface area contributed by atoms with Crippen LogP contribution in [-0.4, -0.2) is 42.1 Å². The molecule has 0 aliphatic carbocycles. The van der Waals surface area contributed by atoms with Crippen molar-refractivity contribution < 1.29 is 18.3 Å². The molecule has 7 heteroatoms. The Kier molecular flexibility index (Phi) is 4.10. The second-order valence-electron chi connectivity index (χ2n) is 3.84. The average Bonchev–Trinajstić information content (AvgIpc) is 2.39. The first-order valence-corrected chi connectivity index (χ1v) is 6.46. The summed E-state index contributed by atoms with van der Waals surface area (Å²) in [4.78, 5) is 16.5. The summed E-state index contributed by atoms with van der Waals surface area (Å²) in [6.07, 6.45) is 1.32. The molecule has 0 unspecified atom stereocenters. The quantitative estimate of drug-likeness (QED) is 0.746. The second kappa shape index (κ2) is 5.43. The highest BCUT2D eigenvalue weighted by molar-refractivity contribution is 14.1. The fourth-order valence-electron chi connectivity index (χ4n) is 1.64. The SMILES string of the molecule is O=C(N1CCOCC1)C(F)(F)c1ccc(I)cn1. The van der Waals surface area contributed by atoms with Crippen molar-refractivity contribution in [3.05, 3.63) is 27.6 Å². The van der Waals surface area contributed by atoms with Crippen LogP contribution in [0, 0.1) is 3.57 Å². The van der Waals surface area contributed by atoms with Gasteiger partial charge in [-0.3, -0.25) is 9.78 Å². The van der Waals surface area contributed by atoms with Gasteiger partial charge in [-0.15, -0.1) is 0 Å². The topological polar surface area (TPSA) is 42.4 Å². The molecule has 1 aromatic rings. The molecular formula is C11H11F2IN2O2. The lowest BCUT2D eigenvalue weighted by molar-refractivity contribution is -0.163. The van der Waals surface area contributed by atoms with Crippen molar-refractivity contribution in [1.29, 1.82) is 0 Å². The van der Waals surface area contributed by atoms with Crippen LogP contribution in [0.15, 0.2) is 18.3 Å². The van der Waals surface area contributed by atoms with Crippen LogP contribution in [0.25, 0.3) is 0 Å². The largest absolute Gasteiger partial charge is 0.378 e. The molecule has 1 saturated heterocycles. The summed E-state index contributed by atoms with van der Waals surface area (Å²) in [5, 5.41) is 0. The van der Waals surface area contributed by atoms with Crippen molar-refractivity contribution >= 4 is 28.5 Å². The van der Waals surface area contributed by atoms with Gasteiger partial charge in [0, 0.05) is 22.9 Å². The van der Waals surface area contributed by atoms with E-state index in [1.54, 1.807) is 0 Å². The molecule has 0 bridgehead atoms. The van der Waals surface area contributed by atoms with Crippen LogP contribution >= 0.6 is 22.6 Å². The Morgan fingerprint density at radius 1 is 1.39 bits per heavy atom. The number of hydrogen-bond acceptors (Lipinski definition) is 3. The van der Waals surface area contributed by atoms with Gasteiger partial charge < -0.3 is 9.64 Å². The Balaban J connectivity index is 2.18. The van der Waals surface area contributed by atoms with E-state index in [4.69, 9.17) is 4.74 Å². The zero-order valence-corrected chi connectivity index (χ0v) is 11.6. The Morgan fingerprint density at radius 3 is 2.61 bits per heavy atom. The van der Waals surface area contributed by atoms with Crippen LogP contribution in [0.1, 0.15) is 5.69 Å². The number of carbonyl (C=O) groups is 1. The molecule has 1 fully saturated rings. The van der Waals surface area contributed by atoms with E-state index in [1.165, 1.54) is 18.3 Å². The number of alkyl halides is 2. The van der Waals surface area contributed by atoms with Gasteiger partial charge in [-0.05, 0) is 34.7 Å². The fourth-order valence-corrected chi connectivity index (χ4v) is 1.96. The van der Waals surface area contributed by atoms with Crippen LogP contribution in [0.4, 0.5) is 8.78 Å². The maximum Gasteiger partial charge on any atom is 0.366 e. The summed E-state index contributed by atoms with van der Waals surface area (Å²) in [5.74, 6) is -4.79. The number of nitrogens with zero attached hydrogens (tertiary/aromatic N) is 2. The number of pyridine rings is 1. The first-order valence-electron chi connectivity index (χ1n) is 5.39. The Labute approximate surface area is 116 Å². The lowest BCUT2D eigenvalue weighted by atomic mass is 10.2. The Hall–Kier alpha value is -0.830. The van der Waals surface area contributed by atoms with Crippen LogP contribution in [0.5, 0.6) is 0 Å². The molecule has 0 atom stereocenters. The number of hydrogen-bond donors (Lipinski definition) is 0. The van der Waals surface area contributed by atoms with E-state index in [0.29, 0.717) is 13.2 Å². The molecule has 4 nitrogen and oxygen atoms in total. The summed E-state index contributed by atoms with van der Waals surface area (Å²) in [6.45, 7) is 0.974. The predicted molar refractivity (Wildman–Crippen MR) is 68.2 cm³/mol. The maximum atomic E-state index is 14.0. The molecule has 0 aromatic carbocycles. The van der Waals surface area contributed by atoms with Crippen molar-refractivity contribution in [2.45, 2.75) is 5.92 Å². The Morgan fingerprint density at radius 2 is 2.06 bits per heavy atom. The van der Waals surface area contributed by atoms with E-state index in [-0.39, 0.29) is 13.1 Å². The first kappa shape index (κ1) is 13.6. The molecule has 1 aliphatic rings. The maximum absolute atomic E-state index is 14.0. The number of ether oxygens (including phenoxy) is 1. The molecule has 0 radical (unpaired) electrons. The molecule has 0 N–H and O–H groups in total. The molecule has 18 heavy (non-hydrogen) atoms. The standard InChI is InChI=1S/C11H11F2IN2O2/c12-11(13,9-2-1-8(14)7-15-9)10(17)16-3-5-18-6-4-16/h1-2,7H,3-6H2. The molecule has 2 heterocycles. The number of rotatable bonds is 2. The number of carbonyl (C=O) groups excluding carboxylic acids is 1. The van der Waals surface area contributed by atoms with Gasteiger partial charge in [-0.2, -0.15) is 8.78 Å². The molecule has 0 saturated carbocycles. The average molecular weight is 368 g/mol. The molecule has 1 aromatic heterocycles. The highest BCUT2D eigenvalue weighted by Crippen LogP contribution is 2.29. The minimum absolute atomic E-state index is 0.193. The normalized spacial score (nSPS) is 16.7. The van der Waals surface area contributed by atoms with Crippen molar-refractivity contribution in [1.82, 2.24) is 9.88 Å². The minimum Gasteiger partial charge on any atom is -0.378 e. The Bertz CT molecular complexity index is 433. The van der Waals surface area contributed by atoms with Crippen LogP contribution in [0.2, 0.25) is 0 Å². The van der Waals surface area contributed by atoms with E-state index in [9.17, 15) is 13.6 Å². The summed E-state index contributed by atoms with van der Waals surface area (Å²) in [7, 11) is 0. The number of halogens is 3. The molecular weight excluding hydrogens is 357 g/mol. The minimum atomic E-state index is -3.58. The summed E-state index contributed by atoms with van der Waals surface area (Å²) in [6, 6.07) is 2.68. The summed E-state index contributed by atoms with van der Waals surface area (Å²) < 4.78 is 33.7. The number of aromatic nitrogens is 1. The summed E-state index contributed by atoms with van der Waals surface area (Å²) in [5.41, 5.74) is -0.514. The smallest absolute Gasteiger partial charge is 0.366 e. The van der Waals surface area contributed by atoms with Gasteiger partial charge in [0.15, 0.2) is 0 Å². The molecule has 1 amide bonds. The van der Waals surface area contributed by atoms with E-state index >= 15 is 0 Å².